The lowest BCUT2D eigenvalue weighted by Gasteiger charge is -2.08. The van der Waals surface area contributed by atoms with E-state index in [4.69, 9.17) is 23.2 Å². The molecule has 2 aromatic carbocycles. The third-order valence-corrected chi connectivity index (χ3v) is 5.88. The van der Waals surface area contributed by atoms with Gasteiger partial charge in [-0.25, -0.2) is 0 Å². The molecular weight excluding hydrogens is 417 g/mol. The van der Waals surface area contributed by atoms with E-state index in [0.29, 0.717) is 16.3 Å². The molecule has 4 rings (SSSR count). The average molecular weight is 432 g/mol. The van der Waals surface area contributed by atoms with Gasteiger partial charge in [0.1, 0.15) is 5.01 Å². The van der Waals surface area contributed by atoms with Crippen molar-refractivity contribution >= 4 is 51.1 Å². The second-order valence-corrected chi connectivity index (χ2v) is 7.84. The van der Waals surface area contributed by atoms with Crippen LogP contribution in [0.4, 0.5) is 5.69 Å². The van der Waals surface area contributed by atoms with Crippen molar-refractivity contribution in [1.29, 1.82) is 0 Å². The van der Waals surface area contributed by atoms with Crippen LogP contribution in [0, 0.1) is 0 Å². The molecule has 0 aliphatic rings. The van der Waals surface area contributed by atoms with Crippen LogP contribution in [0.25, 0.3) is 15.5 Å². The maximum absolute atomic E-state index is 12.4. The van der Waals surface area contributed by atoms with Crippen molar-refractivity contribution in [3.05, 3.63) is 63.9 Å². The van der Waals surface area contributed by atoms with Crippen molar-refractivity contribution in [2.45, 2.75) is 19.8 Å². The number of aromatic nitrogens is 4. The van der Waals surface area contributed by atoms with Gasteiger partial charge in [-0.05, 0) is 42.8 Å². The van der Waals surface area contributed by atoms with Crippen molar-refractivity contribution < 1.29 is 4.79 Å². The Morgan fingerprint density at radius 3 is 2.68 bits per heavy atom. The van der Waals surface area contributed by atoms with Crippen molar-refractivity contribution in [3.63, 3.8) is 0 Å². The van der Waals surface area contributed by atoms with Gasteiger partial charge in [-0.3, -0.25) is 4.79 Å². The molecule has 0 aliphatic carbocycles. The van der Waals surface area contributed by atoms with Gasteiger partial charge in [0.05, 0.1) is 15.6 Å². The second-order valence-electron chi connectivity index (χ2n) is 6.10. The zero-order valence-corrected chi connectivity index (χ0v) is 17.1. The summed E-state index contributed by atoms with van der Waals surface area (Å²) in [4.78, 5) is 13.2. The Morgan fingerprint density at radius 1 is 1.14 bits per heavy atom. The number of rotatable bonds is 5. The first-order valence-corrected chi connectivity index (χ1v) is 10.2. The number of fused-ring (bicyclic) bond motifs is 1. The molecule has 6 nitrogen and oxygen atoms in total. The fourth-order valence-electron chi connectivity index (χ4n) is 2.73. The largest absolute Gasteiger partial charge is 0.322 e. The zero-order valence-electron chi connectivity index (χ0n) is 14.8. The smallest absolute Gasteiger partial charge is 0.257 e. The van der Waals surface area contributed by atoms with E-state index in [1.54, 1.807) is 22.7 Å². The van der Waals surface area contributed by atoms with Crippen molar-refractivity contribution in [1.82, 2.24) is 19.8 Å². The topological polar surface area (TPSA) is 72.2 Å². The predicted octanol–water partition coefficient (Wildman–Crippen LogP) is 5.36. The van der Waals surface area contributed by atoms with Crippen LogP contribution in [0.15, 0.2) is 42.5 Å². The Balaban J connectivity index is 1.54. The number of nitrogens with one attached hydrogen (secondary N) is 1. The molecule has 0 aliphatic heterocycles. The molecule has 0 saturated heterocycles. The molecule has 9 heteroatoms. The molecule has 1 N–H and O–H groups in total. The summed E-state index contributed by atoms with van der Waals surface area (Å²) in [6.07, 6.45) is 1.82. The molecule has 0 atom stereocenters. The summed E-state index contributed by atoms with van der Waals surface area (Å²) in [6.45, 7) is 2.10. The molecule has 0 saturated carbocycles. The quantitative estimate of drug-likeness (QED) is 0.461. The lowest BCUT2D eigenvalue weighted by atomic mass is 10.2. The first-order chi connectivity index (χ1) is 13.6. The third kappa shape index (κ3) is 3.61. The molecule has 142 valence electrons. The van der Waals surface area contributed by atoms with E-state index in [9.17, 15) is 4.79 Å². The fourth-order valence-corrected chi connectivity index (χ4v) is 3.98. The van der Waals surface area contributed by atoms with Gasteiger partial charge in [0.15, 0.2) is 5.82 Å². The molecule has 2 heterocycles. The SMILES string of the molecule is CCCc1nnc2sc(-c3ccc(NC(=O)c4cccc(Cl)c4Cl)cc3)nn12. The highest BCUT2D eigenvalue weighted by molar-refractivity contribution is 7.19. The normalized spacial score (nSPS) is 11.1. The monoisotopic (exact) mass is 431 g/mol. The van der Waals surface area contributed by atoms with Crippen LogP contribution in [-0.2, 0) is 6.42 Å². The van der Waals surface area contributed by atoms with Crippen LogP contribution in [0.3, 0.4) is 0 Å². The summed E-state index contributed by atoms with van der Waals surface area (Å²) in [6, 6.07) is 12.4. The zero-order chi connectivity index (χ0) is 19.7. The summed E-state index contributed by atoms with van der Waals surface area (Å²) >= 11 is 13.6. The Morgan fingerprint density at radius 2 is 1.93 bits per heavy atom. The number of benzene rings is 2. The Bertz CT molecular complexity index is 1150. The first kappa shape index (κ1) is 18.9. The number of carbonyl (C=O) groups is 1. The molecular formula is C19H15Cl2N5OS. The van der Waals surface area contributed by atoms with Gasteiger partial charge in [0.25, 0.3) is 5.91 Å². The van der Waals surface area contributed by atoms with Crippen LogP contribution in [-0.4, -0.2) is 25.7 Å². The number of carbonyl (C=O) groups excluding carboxylic acids is 1. The van der Waals surface area contributed by atoms with E-state index >= 15 is 0 Å². The first-order valence-electron chi connectivity index (χ1n) is 8.63. The van der Waals surface area contributed by atoms with Gasteiger partial charge in [0, 0.05) is 17.7 Å². The molecule has 2 aromatic heterocycles. The predicted molar refractivity (Wildman–Crippen MR) is 113 cm³/mol. The lowest BCUT2D eigenvalue weighted by Crippen LogP contribution is -2.12. The number of aryl methyl sites for hydroxylation is 1. The Labute approximate surface area is 175 Å². The molecule has 1 amide bonds. The van der Waals surface area contributed by atoms with Crippen molar-refractivity contribution in [3.8, 4) is 10.6 Å². The Hall–Kier alpha value is -2.48. The number of anilines is 1. The summed E-state index contributed by atoms with van der Waals surface area (Å²) in [5, 5.41) is 17.2. The number of hydrogen-bond acceptors (Lipinski definition) is 5. The molecule has 0 fully saturated rings. The maximum Gasteiger partial charge on any atom is 0.257 e. The number of halogens is 2. The molecule has 28 heavy (non-hydrogen) atoms. The highest BCUT2D eigenvalue weighted by Crippen LogP contribution is 2.28. The number of hydrogen-bond donors (Lipinski definition) is 1. The van der Waals surface area contributed by atoms with E-state index in [2.05, 4.69) is 27.5 Å². The van der Waals surface area contributed by atoms with Gasteiger partial charge < -0.3 is 5.32 Å². The molecule has 0 unspecified atom stereocenters. The summed E-state index contributed by atoms with van der Waals surface area (Å²) in [5.74, 6) is 0.547. The van der Waals surface area contributed by atoms with Gasteiger partial charge in [0.2, 0.25) is 4.96 Å². The highest BCUT2D eigenvalue weighted by Gasteiger charge is 2.14. The van der Waals surface area contributed by atoms with Crippen molar-refractivity contribution in [2.24, 2.45) is 0 Å². The number of amides is 1. The summed E-state index contributed by atoms with van der Waals surface area (Å²) in [5.41, 5.74) is 1.92. The molecule has 4 aromatic rings. The Kier molecular flexibility index (Phi) is 5.30. The second kappa shape index (κ2) is 7.87. The number of nitrogens with zero attached hydrogens (tertiary/aromatic N) is 4. The van der Waals surface area contributed by atoms with E-state index in [-0.39, 0.29) is 10.9 Å². The van der Waals surface area contributed by atoms with E-state index in [1.807, 2.05) is 24.3 Å². The van der Waals surface area contributed by atoms with Crippen LogP contribution in [0.5, 0.6) is 0 Å². The summed E-state index contributed by atoms with van der Waals surface area (Å²) in [7, 11) is 0. The summed E-state index contributed by atoms with van der Waals surface area (Å²) < 4.78 is 1.79. The standard InChI is InChI=1S/C19H15Cl2N5OS/c1-2-4-15-23-24-19-26(15)25-18(28-19)11-7-9-12(10-8-11)22-17(27)13-5-3-6-14(20)16(13)21/h3,5-10H,2,4H2,1H3,(H,22,27). The van der Waals surface area contributed by atoms with Crippen LogP contribution < -0.4 is 5.32 Å². The molecule has 0 spiro atoms. The highest BCUT2D eigenvalue weighted by atomic mass is 35.5. The minimum atomic E-state index is -0.316. The third-order valence-electron chi connectivity index (χ3n) is 4.11. The van der Waals surface area contributed by atoms with Gasteiger partial charge in [-0.15, -0.1) is 10.2 Å². The van der Waals surface area contributed by atoms with Crippen LogP contribution in [0.1, 0.15) is 29.5 Å². The van der Waals surface area contributed by atoms with Gasteiger partial charge in [-0.2, -0.15) is 9.61 Å². The lowest BCUT2D eigenvalue weighted by molar-refractivity contribution is 0.102. The van der Waals surface area contributed by atoms with E-state index < -0.39 is 0 Å². The van der Waals surface area contributed by atoms with E-state index in [1.165, 1.54) is 11.3 Å². The maximum atomic E-state index is 12.4. The fraction of sp³-hybridized carbons (Fsp3) is 0.158. The minimum absolute atomic E-state index is 0.237. The van der Waals surface area contributed by atoms with Crippen LogP contribution >= 0.6 is 34.5 Å². The average Bonchev–Trinajstić information content (AvgIpc) is 3.27. The van der Waals surface area contributed by atoms with Crippen LogP contribution in [0.2, 0.25) is 10.0 Å². The van der Waals surface area contributed by atoms with E-state index in [0.717, 1.165) is 34.2 Å². The van der Waals surface area contributed by atoms with Crippen molar-refractivity contribution in [2.75, 3.05) is 5.32 Å². The molecule has 0 bridgehead atoms. The minimum Gasteiger partial charge on any atom is -0.322 e. The van der Waals surface area contributed by atoms with Gasteiger partial charge in [-0.1, -0.05) is 47.5 Å². The molecule has 0 radical (unpaired) electrons. The van der Waals surface area contributed by atoms with Gasteiger partial charge >= 0.3 is 0 Å².